The van der Waals surface area contributed by atoms with Crippen molar-refractivity contribution in [3.05, 3.63) is 0 Å². The SMILES string of the molecule is CC(C)(C)OC(=O)N1CCOC(C(CN)CO)C1. The van der Waals surface area contributed by atoms with Gasteiger partial charge in [-0.15, -0.1) is 0 Å². The third kappa shape index (κ3) is 4.44. The van der Waals surface area contributed by atoms with Gasteiger partial charge in [0.05, 0.1) is 19.3 Å². The first-order valence-corrected chi connectivity index (χ1v) is 6.28. The fourth-order valence-electron chi connectivity index (χ4n) is 1.80. The summed E-state index contributed by atoms with van der Waals surface area (Å²) in [5.41, 5.74) is 5.06. The number of nitrogens with two attached hydrogens (primary N) is 1. The lowest BCUT2D eigenvalue weighted by Crippen LogP contribution is -2.51. The first kappa shape index (κ1) is 15.2. The van der Waals surface area contributed by atoms with Gasteiger partial charge in [-0.25, -0.2) is 4.79 Å². The summed E-state index contributed by atoms with van der Waals surface area (Å²) in [4.78, 5) is 13.5. The molecule has 1 saturated heterocycles. The summed E-state index contributed by atoms with van der Waals surface area (Å²) in [6.07, 6.45) is -0.564. The Morgan fingerprint density at radius 3 is 2.78 bits per heavy atom. The van der Waals surface area contributed by atoms with Crippen LogP contribution in [0.3, 0.4) is 0 Å². The Bertz CT molecular complexity index is 274. The molecule has 18 heavy (non-hydrogen) atoms. The Labute approximate surface area is 108 Å². The molecule has 0 aromatic rings. The third-order valence-corrected chi connectivity index (χ3v) is 2.81. The molecule has 0 radical (unpaired) electrons. The van der Waals surface area contributed by atoms with Crippen LogP contribution in [0.15, 0.2) is 0 Å². The highest BCUT2D eigenvalue weighted by Gasteiger charge is 2.31. The number of nitrogens with zero attached hydrogens (tertiary/aromatic N) is 1. The second-order valence-electron chi connectivity index (χ2n) is 5.51. The molecule has 1 aliphatic heterocycles. The molecule has 106 valence electrons. The molecule has 1 rings (SSSR count). The molecule has 0 aromatic carbocycles. The number of hydrogen-bond acceptors (Lipinski definition) is 5. The van der Waals surface area contributed by atoms with Crippen LogP contribution in [0.25, 0.3) is 0 Å². The van der Waals surface area contributed by atoms with Crippen LogP contribution in [0, 0.1) is 5.92 Å². The number of aliphatic hydroxyl groups is 1. The van der Waals surface area contributed by atoms with Gasteiger partial charge < -0.3 is 25.2 Å². The molecular formula is C12H24N2O4. The molecule has 1 amide bonds. The number of morpholine rings is 1. The van der Waals surface area contributed by atoms with Gasteiger partial charge in [0, 0.05) is 19.1 Å². The average molecular weight is 260 g/mol. The maximum absolute atomic E-state index is 11.9. The number of aliphatic hydroxyl groups excluding tert-OH is 1. The van der Waals surface area contributed by atoms with Gasteiger partial charge in [-0.3, -0.25) is 0 Å². The minimum Gasteiger partial charge on any atom is -0.444 e. The molecule has 2 atom stereocenters. The Hall–Kier alpha value is -0.850. The monoisotopic (exact) mass is 260 g/mol. The topological polar surface area (TPSA) is 85.0 Å². The van der Waals surface area contributed by atoms with E-state index < -0.39 is 5.60 Å². The number of amides is 1. The quantitative estimate of drug-likeness (QED) is 0.756. The van der Waals surface area contributed by atoms with E-state index in [0.717, 1.165) is 0 Å². The summed E-state index contributed by atoms with van der Waals surface area (Å²) in [6, 6.07) is 0. The summed E-state index contributed by atoms with van der Waals surface area (Å²) < 4.78 is 10.9. The zero-order valence-electron chi connectivity index (χ0n) is 11.4. The van der Waals surface area contributed by atoms with Crippen molar-refractivity contribution < 1.29 is 19.4 Å². The van der Waals surface area contributed by atoms with Crippen LogP contribution in [0.4, 0.5) is 4.79 Å². The number of carbonyl (C=O) groups is 1. The van der Waals surface area contributed by atoms with Gasteiger partial charge >= 0.3 is 6.09 Å². The van der Waals surface area contributed by atoms with Gasteiger partial charge in [0.2, 0.25) is 0 Å². The normalized spacial score (nSPS) is 22.7. The predicted molar refractivity (Wildman–Crippen MR) is 67.2 cm³/mol. The zero-order valence-corrected chi connectivity index (χ0v) is 11.4. The summed E-state index contributed by atoms with van der Waals surface area (Å²) in [5, 5.41) is 9.19. The summed E-state index contributed by atoms with van der Waals surface area (Å²) >= 11 is 0. The van der Waals surface area contributed by atoms with Gasteiger partial charge in [-0.2, -0.15) is 0 Å². The van der Waals surface area contributed by atoms with Crippen molar-refractivity contribution in [1.29, 1.82) is 0 Å². The fourth-order valence-corrected chi connectivity index (χ4v) is 1.80. The van der Waals surface area contributed by atoms with Crippen molar-refractivity contribution >= 4 is 6.09 Å². The Balaban J connectivity index is 2.55. The molecule has 0 aliphatic carbocycles. The highest BCUT2D eigenvalue weighted by atomic mass is 16.6. The fraction of sp³-hybridized carbons (Fsp3) is 0.917. The Kier molecular flexibility index (Phi) is 5.37. The maximum Gasteiger partial charge on any atom is 0.410 e. The van der Waals surface area contributed by atoms with Crippen LogP contribution in [-0.4, -0.2) is 60.7 Å². The summed E-state index contributed by atoms with van der Waals surface area (Å²) in [6.45, 7) is 7.16. The second kappa shape index (κ2) is 6.36. The van der Waals surface area contributed by atoms with E-state index in [2.05, 4.69) is 0 Å². The molecule has 6 heteroatoms. The summed E-state index contributed by atoms with van der Waals surface area (Å²) in [5.74, 6) is -0.143. The van der Waals surface area contributed by atoms with Crippen LogP contribution in [0.2, 0.25) is 0 Å². The van der Waals surface area contributed by atoms with E-state index in [1.54, 1.807) is 4.90 Å². The first-order chi connectivity index (χ1) is 8.37. The van der Waals surface area contributed by atoms with Crippen molar-refractivity contribution in [1.82, 2.24) is 4.90 Å². The van der Waals surface area contributed by atoms with E-state index in [-0.39, 0.29) is 24.7 Å². The minimum absolute atomic E-state index is 0.0384. The van der Waals surface area contributed by atoms with E-state index in [0.29, 0.717) is 26.2 Å². The van der Waals surface area contributed by atoms with Gasteiger partial charge in [-0.1, -0.05) is 0 Å². The van der Waals surface area contributed by atoms with Crippen LogP contribution in [-0.2, 0) is 9.47 Å². The number of carbonyl (C=O) groups excluding carboxylic acids is 1. The first-order valence-electron chi connectivity index (χ1n) is 6.28. The Morgan fingerprint density at radius 2 is 2.28 bits per heavy atom. The number of hydrogen-bond donors (Lipinski definition) is 2. The van der Waals surface area contributed by atoms with Gasteiger partial charge in [0.25, 0.3) is 0 Å². The second-order valence-corrected chi connectivity index (χ2v) is 5.51. The third-order valence-electron chi connectivity index (χ3n) is 2.81. The smallest absolute Gasteiger partial charge is 0.410 e. The van der Waals surface area contributed by atoms with Crippen molar-refractivity contribution in [3.63, 3.8) is 0 Å². The van der Waals surface area contributed by atoms with Gasteiger partial charge in [0.1, 0.15) is 5.60 Å². The molecule has 3 N–H and O–H groups in total. The van der Waals surface area contributed by atoms with Crippen molar-refractivity contribution in [3.8, 4) is 0 Å². The maximum atomic E-state index is 11.9. The molecule has 1 aliphatic rings. The molecule has 1 fully saturated rings. The van der Waals surface area contributed by atoms with Crippen LogP contribution < -0.4 is 5.73 Å². The van der Waals surface area contributed by atoms with Gasteiger partial charge in [-0.05, 0) is 27.3 Å². The lowest BCUT2D eigenvalue weighted by Gasteiger charge is -2.36. The molecule has 2 unspecified atom stereocenters. The minimum atomic E-state index is -0.505. The molecule has 0 saturated carbocycles. The molecule has 6 nitrogen and oxygen atoms in total. The van der Waals surface area contributed by atoms with E-state index in [9.17, 15) is 9.90 Å². The number of rotatable bonds is 3. The van der Waals surface area contributed by atoms with Crippen molar-refractivity contribution in [2.24, 2.45) is 11.7 Å². The standard InChI is InChI=1S/C12H24N2O4/c1-12(2,3)18-11(16)14-4-5-17-10(7-14)9(6-13)8-15/h9-10,15H,4-8,13H2,1-3H3. The van der Waals surface area contributed by atoms with E-state index in [1.807, 2.05) is 20.8 Å². The largest absolute Gasteiger partial charge is 0.444 e. The van der Waals surface area contributed by atoms with Crippen LogP contribution in [0.5, 0.6) is 0 Å². The molecule has 0 aromatic heterocycles. The average Bonchev–Trinajstić information content (AvgIpc) is 2.29. The van der Waals surface area contributed by atoms with Crippen LogP contribution in [0.1, 0.15) is 20.8 Å². The molecule has 1 heterocycles. The van der Waals surface area contributed by atoms with Crippen molar-refractivity contribution in [2.45, 2.75) is 32.5 Å². The highest BCUT2D eigenvalue weighted by Crippen LogP contribution is 2.16. The van der Waals surface area contributed by atoms with Gasteiger partial charge in [0.15, 0.2) is 0 Å². The lowest BCUT2D eigenvalue weighted by atomic mass is 10.0. The highest BCUT2D eigenvalue weighted by molar-refractivity contribution is 5.68. The van der Waals surface area contributed by atoms with Crippen LogP contribution >= 0.6 is 0 Å². The van der Waals surface area contributed by atoms with E-state index in [4.69, 9.17) is 15.2 Å². The predicted octanol–water partition coefficient (Wildman–Crippen LogP) is 0.190. The lowest BCUT2D eigenvalue weighted by molar-refractivity contribution is -0.0700. The molecule has 0 bridgehead atoms. The molecular weight excluding hydrogens is 236 g/mol. The summed E-state index contributed by atoms with van der Waals surface area (Å²) in [7, 11) is 0. The number of ether oxygens (including phenoxy) is 2. The zero-order chi connectivity index (χ0) is 13.8. The Morgan fingerprint density at radius 1 is 1.61 bits per heavy atom. The van der Waals surface area contributed by atoms with E-state index >= 15 is 0 Å². The van der Waals surface area contributed by atoms with E-state index in [1.165, 1.54) is 0 Å². The molecule has 0 spiro atoms. The van der Waals surface area contributed by atoms with Crippen molar-refractivity contribution in [2.75, 3.05) is 32.8 Å².